The third-order valence-electron chi connectivity index (χ3n) is 8.90. The minimum Gasteiger partial charge on any atom is -0.370 e. The zero-order chi connectivity index (χ0) is 32.5. The molecule has 3 nitrogen and oxygen atoms in total. The predicted octanol–water partition coefficient (Wildman–Crippen LogP) is 11.6. The molecule has 3 heteroatoms. The fraction of sp³-hybridized carbons (Fsp3) is 0.675. The van der Waals surface area contributed by atoms with Crippen LogP contribution in [0, 0.1) is 10.8 Å². The Kier molecular flexibility index (Phi) is 17.9. The van der Waals surface area contributed by atoms with Crippen LogP contribution in [-0.2, 0) is 32.2 Å². The maximum absolute atomic E-state index is 4.89. The second-order valence-corrected chi connectivity index (χ2v) is 13.3. The van der Waals surface area contributed by atoms with Crippen LogP contribution in [0.1, 0.15) is 149 Å². The standard InChI is InChI=1S/C34H51N3.3C2H6/c1-7-33(3,4)20-10-21-34(5,6)25-37-24-30-23-27(15-17-28(30)16-14-26(37)2)11-8-13-31-19-18-29-12-9-22-35-32(29)36-31;3*1-2/h15,17-19,23H,2,7-14,16,20-22,24-25H2,1,3-6H3,(H,35,36);3*1-2H3. The zero-order valence-corrected chi connectivity index (χ0v) is 30.4. The van der Waals surface area contributed by atoms with Crippen LogP contribution in [0.4, 0.5) is 5.82 Å². The van der Waals surface area contributed by atoms with Crippen LogP contribution in [0.2, 0.25) is 0 Å². The quantitative estimate of drug-likeness (QED) is 0.282. The average Bonchev–Trinajstić information content (AvgIpc) is 3.17. The van der Waals surface area contributed by atoms with Gasteiger partial charge in [0.05, 0.1) is 0 Å². The molecule has 2 aromatic rings. The van der Waals surface area contributed by atoms with Gasteiger partial charge in [-0.05, 0) is 96.9 Å². The van der Waals surface area contributed by atoms with E-state index in [1.54, 1.807) is 0 Å². The minimum atomic E-state index is 0.297. The summed E-state index contributed by atoms with van der Waals surface area (Å²) in [6.07, 6.45) is 13.0. The Labute approximate surface area is 268 Å². The van der Waals surface area contributed by atoms with Gasteiger partial charge in [0.25, 0.3) is 0 Å². The predicted molar refractivity (Wildman–Crippen MR) is 193 cm³/mol. The fourth-order valence-corrected chi connectivity index (χ4v) is 5.95. The van der Waals surface area contributed by atoms with Crippen LogP contribution >= 0.6 is 0 Å². The van der Waals surface area contributed by atoms with E-state index in [2.05, 4.69) is 81.7 Å². The lowest BCUT2D eigenvalue weighted by Gasteiger charge is -2.35. The molecule has 1 aromatic heterocycles. The largest absolute Gasteiger partial charge is 0.370 e. The van der Waals surface area contributed by atoms with Crippen molar-refractivity contribution in [3.05, 3.63) is 70.6 Å². The Morgan fingerprint density at radius 3 is 2.16 bits per heavy atom. The van der Waals surface area contributed by atoms with Crippen LogP contribution in [0.25, 0.3) is 0 Å². The van der Waals surface area contributed by atoms with Crippen molar-refractivity contribution >= 4 is 5.82 Å². The van der Waals surface area contributed by atoms with Crippen molar-refractivity contribution in [1.29, 1.82) is 0 Å². The van der Waals surface area contributed by atoms with Gasteiger partial charge in [0.2, 0.25) is 0 Å². The molecule has 3 heterocycles. The number of aromatic nitrogens is 1. The third-order valence-corrected chi connectivity index (χ3v) is 8.90. The number of pyridine rings is 1. The number of rotatable bonds is 11. The van der Waals surface area contributed by atoms with E-state index in [0.717, 1.165) is 64.0 Å². The average molecular weight is 592 g/mol. The van der Waals surface area contributed by atoms with E-state index in [1.807, 2.05) is 41.5 Å². The summed E-state index contributed by atoms with van der Waals surface area (Å²) in [6, 6.07) is 11.7. The summed E-state index contributed by atoms with van der Waals surface area (Å²) in [4.78, 5) is 7.48. The second-order valence-electron chi connectivity index (χ2n) is 13.3. The molecule has 0 unspecified atom stereocenters. The van der Waals surface area contributed by atoms with Gasteiger partial charge in [0, 0.05) is 31.0 Å². The topological polar surface area (TPSA) is 28.2 Å². The smallest absolute Gasteiger partial charge is 0.129 e. The second kappa shape index (κ2) is 19.9. The Hall–Kier alpha value is -2.29. The molecule has 0 amide bonds. The molecule has 43 heavy (non-hydrogen) atoms. The molecule has 1 aromatic carbocycles. The van der Waals surface area contributed by atoms with E-state index in [4.69, 9.17) is 4.98 Å². The monoisotopic (exact) mass is 592 g/mol. The summed E-state index contributed by atoms with van der Waals surface area (Å²) in [5.41, 5.74) is 9.15. The van der Waals surface area contributed by atoms with Gasteiger partial charge in [-0.1, -0.05) is 120 Å². The zero-order valence-electron chi connectivity index (χ0n) is 30.4. The highest BCUT2D eigenvalue weighted by molar-refractivity contribution is 5.47. The molecule has 4 rings (SSSR count). The molecule has 2 aliphatic rings. The molecule has 1 N–H and O–H groups in total. The molecule has 0 spiro atoms. The molecule has 0 aliphatic carbocycles. The molecular weight excluding hydrogens is 522 g/mol. The normalized spacial score (nSPS) is 14.3. The molecule has 0 saturated carbocycles. The fourth-order valence-electron chi connectivity index (χ4n) is 5.95. The Morgan fingerprint density at radius 1 is 0.791 bits per heavy atom. The van der Waals surface area contributed by atoms with E-state index >= 15 is 0 Å². The first-order valence-electron chi connectivity index (χ1n) is 17.9. The molecule has 0 radical (unpaired) electrons. The van der Waals surface area contributed by atoms with Crippen molar-refractivity contribution in [1.82, 2.24) is 9.88 Å². The lowest BCUT2D eigenvalue weighted by Crippen LogP contribution is -2.33. The molecule has 0 fully saturated rings. The van der Waals surface area contributed by atoms with E-state index in [-0.39, 0.29) is 0 Å². The number of nitrogens with zero attached hydrogens (tertiary/aromatic N) is 2. The first-order chi connectivity index (χ1) is 20.6. The van der Waals surface area contributed by atoms with Crippen molar-refractivity contribution in [2.75, 3.05) is 18.4 Å². The highest BCUT2D eigenvalue weighted by Crippen LogP contribution is 2.34. The summed E-state index contributed by atoms with van der Waals surface area (Å²) in [7, 11) is 0. The summed E-state index contributed by atoms with van der Waals surface area (Å²) >= 11 is 0. The first-order valence-corrected chi connectivity index (χ1v) is 17.9. The van der Waals surface area contributed by atoms with Crippen LogP contribution in [-0.4, -0.2) is 23.0 Å². The van der Waals surface area contributed by atoms with Gasteiger partial charge >= 0.3 is 0 Å². The van der Waals surface area contributed by atoms with Crippen molar-refractivity contribution in [3.8, 4) is 0 Å². The number of nitrogens with one attached hydrogen (secondary N) is 1. The lowest BCUT2D eigenvalue weighted by atomic mass is 9.80. The van der Waals surface area contributed by atoms with Crippen molar-refractivity contribution in [2.45, 2.75) is 153 Å². The summed E-state index contributed by atoms with van der Waals surface area (Å²) in [5, 5.41) is 3.47. The van der Waals surface area contributed by atoms with Gasteiger partial charge in [0.1, 0.15) is 5.82 Å². The summed E-state index contributed by atoms with van der Waals surface area (Å²) in [5.74, 6) is 1.12. The van der Waals surface area contributed by atoms with E-state index in [0.29, 0.717) is 10.8 Å². The van der Waals surface area contributed by atoms with E-state index in [9.17, 15) is 0 Å². The van der Waals surface area contributed by atoms with E-state index < -0.39 is 0 Å². The SMILES string of the molecule is C=C1CCc2ccc(CCCc3ccc4c(n3)NCCC4)cc2CN1CC(C)(C)CCCC(C)(C)CC.CC.CC.CC. The first kappa shape index (κ1) is 38.7. The Morgan fingerprint density at radius 2 is 1.47 bits per heavy atom. The molecule has 0 saturated heterocycles. The van der Waals surface area contributed by atoms with Gasteiger partial charge in [-0.3, -0.25) is 0 Å². The summed E-state index contributed by atoms with van der Waals surface area (Å²) < 4.78 is 0. The van der Waals surface area contributed by atoms with E-state index in [1.165, 1.54) is 65.7 Å². The minimum absolute atomic E-state index is 0.297. The van der Waals surface area contributed by atoms with Crippen LogP contribution < -0.4 is 5.32 Å². The molecule has 0 bridgehead atoms. The lowest BCUT2D eigenvalue weighted by molar-refractivity contribution is 0.183. The number of hydrogen-bond acceptors (Lipinski definition) is 3. The molecule has 2 aliphatic heterocycles. The highest BCUT2D eigenvalue weighted by Gasteiger charge is 2.26. The number of anilines is 1. The number of hydrogen-bond donors (Lipinski definition) is 1. The maximum Gasteiger partial charge on any atom is 0.129 e. The van der Waals surface area contributed by atoms with Crippen LogP contribution in [0.15, 0.2) is 42.6 Å². The maximum atomic E-state index is 4.89. The highest BCUT2D eigenvalue weighted by atomic mass is 15.1. The van der Waals surface area contributed by atoms with Crippen LogP contribution in [0.3, 0.4) is 0 Å². The van der Waals surface area contributed by atoms with Crippen LogP contribution in [0.5, 0.6) is 0 Å². The van der Waals surface area contributed by atoms with Gasteiger partial charge in [-0.2, -0.15) is 0 Å². The van der Waals surface area contributed by atoms with Crippen molar-refractivity contribution < 1.29 is 0 Å². The van der Waals surface area contributed by atoms with Crippen molar-refractivity contribution in [2.24, 2.45) is 10.8 Å². The van der Waals surface area contributed by atoms with Gasteiger partial charge < -0.3 is 10.2 Å². The third kappa shape index (κ3) is 13.1. The van der Waals surface area contributed by atoms with Gasteiger partial charge in [-0.25, -0.2) is 4.98 Å². The number of benzene rings is 1. The molecule has 0 atom stereocenters. The Balaban J connectivity index is 0.00000145. The van der Waals surface area contributed by atoms with Gasteiger partial charge in [0.15, 0.2) is 0 Å². The molecule has 244 valence electrons. The number of aryl methyl sites for hydroxylation is 4. The number of fused-ring (bicyclic) bond motifs is 2. The number of allylic oxidation sites excluding steroid dienone is 1. The van der Waals surface area contributed by atoms with Gasteiger partial charge in [-0.15, -0.1) is 0 Å². The van der Waals surface area contributed by atoms with Crippen molar-refractivity contribution in [3.63, 3.8) is 0 Å². The Bertz CT molecular complexity index is 1070. The molecular formula is C40H69N3. The summed E-state index contributed by atoms with van der Waals surface area (Å²) in [6.45, 7) is 31.7.